The van der Waals surface area contributed by atoms with E-state index in [9.17, 15) is 4.79 Å². The molecule has 2 aromatic heterocycles. The van der Waals surface area contributed by atoms with E-state index in [-0.39, 0.29) is 5.69 Å². The topological polar surface area (TPSA) is 93.8 Å². The molecule has 0 spiro atoms. The summed E-state index contributed by atoms with van der Waals surface area (Å²) in [5.41, 5.74) is 5.24. The molecule has 0 aliphatic rings. The number of carbonyl (C=O) groups excluding carboxylic acids is 1. The second-order valence-corrected chi connectivity index (χ2v) is 4.75. The quantitative estimate of drug-likeness (QED) is 0.846. The van der Waals surface area contributed by atoms with Crippen LogP contribution in [-0.2, 0) is 0 Å². The molecule has 1 amide bonds. The first-order valence-corrected chi connectivity index (χ1v) is 6.31. The first-order chi connectivity index (χ1) is 8.66. The molecular weight excluding hydrogens is 250 g/mol. The number of primary amides is 1. The van der Waals surface area contributed by atoms with Gasteiger partial charge in [-0.25, -0.2) is 4.98 Å². The number of hydrogen-bond acceptors (Lipinski definition) is 6. The number of nitrogens with zero attached hydrogens (tertiary/aromatic N) is 3. The van der Waals surface area contributed by atoms with Crippen LogP contribution in [0.3, 0.4) is 0 Å². The van der Waals surface area contributed by atoms with Gasteiger partial charge >= 0.3 is 0 Å². The van der Waals surface area contributed by atoms with Crippen LogP contribution in [-0.4, -0.2) is 27.6 Å². The van der Waals surface area contributed by atoms with E-state index in [1.54, 1.807) is 29.7 Å². The molecule has 6 nitrogen and oxygen atoms in total. The minimum Gasteiger partial charge on any atom is -0.368 e. The van der Waals surface area contributed by atoms with Gasteiger partial charge in [0.25, 0.3) is 5.91 Å². The van der Waals surface area contributed by atoms with Crippen molar-refractivity contribution in [1.82, 2.24) is 15.2 Å². The fourth-order valence-electron chi connectivity index (χ4n) is 1.38. The van der Waals surface area contributed by atoms with Crippen molar-refractivity contribution < 1.29 is 4.79 Å². The molecule has 2 rings (SSSR count). The number of rotatable bonds is 5. The third kappa shape index (κ3) is 3.01. The minimum absolute atomic E-state index is 0.161. The average molecular weight is 263 g/mol. The fraction of sp³-hybridized carbons (Fsp3) is 0.273. The molecule has 0 fully saturated rings. The van der Waals surface area contributed by atoms with Gasteiger partial charge in [-0.1, -0.05) is 6.92 Å². The molecule has 0 aliphatic carbocycles. The van der Waals surface area contributed by atoms with Gasteiger partial charge in [-0.15, -0.1) is 21.5 Å². The molecule has 2 heterocycles. The second-order valence-electron chi connectivity index (χ2n) is 3.82. The molecule has 3 N–H and O–H groups in total. The van der Waals surface area contributed by atoms with Crippen LogP contribution < -0.4 is 11.1 Å². The Labute approximate surface area is 108 Å². The number of anilines is 1. The van der Waals surface area contributed by atoms with E-state index in [2.05, 4.69) is 27.4 Å². The summed E-state index contributed by atoms with van der Waals surface area (Å²) in [6.45, 7) is 2.79. The highest BCUT2D eigenvalue weighted by Crippen LogP contribution is 2.17. The molecule has 0 radical (unpaired) electrons. The van der Waals surface area contributed by atoms with Crippen molar-refractivity contribution in [1.29, 1.82) is 0 Å². The number of amides is 1. The summed E-state index contributed by atoms with van der Waals surface area (Å²) in [5, 5.41) is 13.8. The van der Waals surface area contributed by atoms with Crippen LogP contribution in [0.25, 0.3) is 0 Å². The lowest BCUT2D eigenvalue weighted by Crippen LogP contribution is -2.15. The van der Waals surface area contributed by atoms with Gasteiger partial charge in [0.1, 0.15) is 5.82 Å². The van der Waals surface area contributed by atoms with Crippen LogP contribution >= 0.6 is 11.3 Å². The molecule has 94 valence electrons. The van der Waals surface area contributed by atoms with Crippen molar-refractivity contribution in [2.75, 3.05) is 11.9 Å². The Hall–Kier alpha value is -2.02. The van der Waals surface area contributed by atoms with Gasteiger partial charge in [0.15, 0.2) is 5.69 Å². The number of carbonyl (C=O) groups is 1. The van der Waals surface area contributed by atoms with Crippen molar-refractivity contribution in [3.8, 4) is 0 Å². The molecule has 0 aliphatic heterocycles. The smallest absolute Gasteiger partial charge is 0.269 e. The van der Waals surface area contributed by atoms with Crippen LogP contribution in [0.1, 0.15) is 28.3 Å². The van der Waals surface area contributed by atoms with Gasteiger partial charge in [0, 0.05) is 24.0 Å². The summed E-state index contributed by atoms with van der Waals surface area (Å²) in [4.78, 5) is 15.1. The van der Waals surface area contributed by atoms with Gasteiger partial charge in [0.2, 0.25) is 0 Å². The molecule has 18 heavy (non-hydrogen) atoms. The number of aromatic nitrogens is 3. The van der Waals surface area contributed by atoms with E-state index < -0.39 is 5.91 Å². The Morgan fingerprint density at radius 2 is 2.33 bits per heavy atom. The molecule has 1 unspecified atom stereocenters. The third-order valence-electron chi connectivity index (χ3n) is 2.38. The Balaban J connectivity index is 1.92. The maximum atomic E-state index is 10.8. The molecule has 1 atom stereocenters. The van der Waals surface area contributed by atoms with Gasteiger partial charge in [-0.3, -0.25) is 4.79 Å². The van der Waals surface area contributed by atoms with Gasteiger partial charge in [0.05, 0.1) is 5.01 Å². The molecule has 0 saturated carbocycles. The summed E-state index contributed by atoms with van der Waals surface area (Å²) in [5.74, 6) is 0.330. The lowest BCUT2D eigenvalue weighted by molar-refractivity contribution is 0.0994. The van der Waals surface area contributed by atoms with E-state index in [1.165, 1.54) is 0 Å². The molecule has 0 bridgehead atoms. The lowest BCUT2D eigenvalue weighted by Gasteiger charge is -2.09. The first-order valence-electron chi connectivity index (χ1n) is 5.43. The summed E-state index contributed by atoms with van der Waals surface area (Å²) in [7, 11) is 0. The Kier molecular flexibility index (Phi) is 3.83. The predicted octanol–water partition coefficient (Wildman–Crippen LogP) is 1.25. The largest absolute Gasteiger partial charge is 0.368 e. The SMILES string of the molecule is CC(CNc1ccc(C(N)=O)nn1)c1nccs1. The summed E-state index contributed by atoms with van der Waals surface area (Å²) in [6, 6.07) is 3.23. The standard InChI is InChI=1S/C11H13N5OS/c1-7(11-13-4-5-18-11)6-14-9-3-2-8(10(12)17)15-16-9/h2-5,7H,6H2,1H3,(H2,12,17)(H,14,16). The van der Waals surface area contributed by atoms with E-state index >= 15 is 0 Å². The lowest BCUT2D eigenvalue weighted by atomic mass is 10.2. The summed E-state index contributed by atoms with van der Waals surface area (Å²) < 4.78 is 0. The predicted molar refractivity (Wildman–Crippen MR) is 69.6 cm³/mol. The zero-order valence-electron chi connectivity index (χ0n) is 9.83. The minimum atomic E-state index is -0.579. The number of hydrogen-bond donors (Lipinski definition) is 2. The highest BCUT2D eigenvalue weighted by atomic mass is 32.1. The molecule has 0 aromatic carbocycles. The van der Waals surface area contributed by atoms with Crippen LogP contribution in [0.4, 0.5) is 5.82 Å². The number of nitrogens with one attached hydrogen (secondary N) is 1. The summed E-state index contributed by atoms with van der Waals surface area (Å²) in [6.07, 6.45) is 1.79. The van der Waals surface area contributed by atoms with Crippen LogP contribution in [0.2, 0.25) is 0 Å². The van der Waals surface area contributed by atoms with E-state index in [0.717, 1.165) is 5.01 Å². The van der Waals surface area contributed by atoms with E-state index in [1.807, 2.05) is 5.38 Å². The number of nitrogens with two attached hydrogens (primary N) is 1. The maximum absolute atomic E-state index is 10.8. The summed E-state index contributed by atoms with van der Waals surface area (Å²) >= 11 is 1.62. The van der Waals surface area contributed by atoms with Crippen LogP contribution in [0.15, 0.2) is 23.7 Å². The van der Waals surface area contributed by atoms with Crippen molar-refractivity contribution in [3.05, 3.63) is 34.4 Å². The Morgan fingerprint density at radius 1 is 1.50 bits per heavy atom. The first kappa shape index (κ1) is 12.4. The Morgan fingerprint density at radius 3 is 2.89 bits per heavy atom. The highest BCUT2D eigenvalue weighted by Gasteiger charge is 2.08. The van der Waals surface area contributed by atoms with E-state index in [4.69, 9.17) is 5.73 Å². The average Bonchev–Trinajstić information content (AvgIpc) is 2.90. The van der Waals surface area contributed by atoms with Crippen molar-refractivity contribution in [3.63, 3.8) is 0 Å². The van der Waals surface area contributed by atoms with Crippen LogP contribution in [0.5, 0.6) is 0 Å². The van der Waals surface area contributed by atoms with Gasteiger partial charge in [-0.2, -0.15) is 0 Å². The Bertz CT molecular complexity index is 511. The number of thiazole rings is 1. The molecular formula is C11H13N5OS. The van der Waals surface area contributed by atoms with Crippen LogP contribution in [0, 0.1) is 0 Å². The molecule has 0 saturated heterocycles. The van der Waals surface area contributed by atoms with Crippen molar-refractivity contribution in [2.24, 2.45) is 5.73 Å². The van der Waals surface area contributed by atoms with Gasteiger partial charge < -0.3 is 11.1 Å². The van der Waals surface area contributed by atoms with E-state index in [0.29, 0.717) is 18.3 Å². The van der Waals surface area contributed by atoms with Crippen molar-refractivity contribution >= 4 is 23.1 Å². The maximum Gasteiger partial charge on any atom is 0.269 e. The monoisotopic (exact) mass is 263 g/mol. The normalized spacial score (nSPS) is 12.1. The zero-order valence-corrected chi connectivity index (χ0v) is 10.6. The third-order valence-corrected chi connectivity index (χ3v) is 3.39. The van der Waals surface area contributed by atoms with Crippen molar-refractivity contribution in [2.45, 2.75) is 12.8 Å². The second kappa shape index (κ2) is 5.54. The zero-order chi connectivity index (χ0) is 13.0. The highest BCUT2D eigenvalue weighted by molar-refractivity contribution is 7.09. The van der Waals surface area contributed by atoms with Gasteiger partial charge in [-0.05, 0) is 12.1 Å². The fourth-order valence-corrected chi connectivity index (χ4v) is 2.08. The molecule has 7 heteroatoms. The molecule has 2 aromatic rings.